The molecule has 0 saturated carbocycles. The summed E-state index contributed by atoms with van der Waals surface area (Å²) in [6.45, 7) is 12.0. The Bertz CT molecular complexity index is 1350. The van der Waals surface area contributed by atoms with Crippen LogP contribution in [0.25, 0.3) is 22.5 Å². The molecule has 9 heteroatoms. The van der Waals surface area contributed by atoms with E-state index in [1.165, 1.54) is 5.56 Å². The van der Waals surface area contributed by atoms with Crippen LogP contribution in [0.5, 0.6) is 0 Å². The van der Waals surface area contributed by atoms with Gasteiger partial charge in [0.2, 0.25) is 0 Å². The molecule has 3 aromatic rings. The average Bonchev–Trinajstić information content (AvgIpc) is 2.87. The minimum Gasteiger partial charge on any atom is -0.480 e. The molecule has 2 aromatic carbocycles. The number of carbonyl (C=O) groups is 2. The first kappa shape index (κ1) is 29.7. The summed E-state index contributed by atoms with van der Waals surface area (Å²) < 4.78 is 0. The molecule has 3 rings (SSSR count). The van der Waals surface area contributed by atoms with E-state index in [-0.39, 0.29) is 16.9 Å². The zero-order valence-electron chi connectivity index (χ0n) is 23.1. The van der Waals surface area contributed by atoms with Gasteiger partial charge in [0.1, 0.15) is 6.04 Å². The van der Waals surface area contributed by atoms with Gasteiger partial charge in [0.15, 0.2) is 10.9 Å². The van der Waals surface area contributed by atoms with Crippen molar-refractivity contribution in [1.29, 1.82) is 10.8 Å². The number of carboxylic acid groups (broad SMARTS) is 1. The van der Waals surface area contributed by atoms with Crippen LogP contribution in [0.15, 0.2) is 60.9 Å². The molecule has 0 radical (unpaired) electrons. The molecule has 0 aliphatic carbocycles. The fourth-order valence-corrected chi connectivity index (χ4v) is 4.20. The van der Waals surface area contributed by atoms with Crippen molar-refractivity contribution in [2.24, 2.45) is 5.41 Å². The van der Waals surface area contributed by atoms with Gasteiger partial charge in [-0.2, -0.15) is 0 Å². The number of aliphatic carboxylic acids is 1. The molecule has 0 saturated heterocycles. The second-order valence-electron chi connectivity index (χ2n) is 11.4. The molecule has 39 heavy (non-hydrogen) atoms. The standard InChI is InChI=1S/C30H35N5O3S/c1-29(2,3)22-13-11-19(12-14-22)21-16-33-25(34-17-21)20-9-7-18(8-10-20)15-23(27(37)38)35-26(36)24(31)39-28(32)30(4,5)6/h7-14,16-17,23,31-32H,15H2,1-6H3,(H,35,36)(H,37,38). The minimum atomic E-state index is -1.21. The van der Waals surface area contributed by atoms with Crippen molar-refractivity contribution < 1.29 is 14.7 Å². The predicted octanol–water partition coefficient (Wildman–Crippen LogP) is 5.95. The van der Waals surface area contributed by atoms with E-state index >= 15 is 0 Å². The fourth-order valence-electron chi connectivity index (χ4n) is 3.54. The molecule has 0 fully saturated rings. The molecule has 1 amide bonds. The number of nitrogens with one attached hydrogen (secondary N) is 3. The van der Waals surface area contributed by atoms with Crippen LogP contribution in [0.4, 0.5) is 0 Å². The predicted molar refractivity (Wildman–Crippen MR) is 157 cm³/mol. The number of benzene rings is 2. The van der Waals surface area contributed by atoms with E-state index < -0.39 is 28.4 Å². The molecule has 1 unspecified atom stereocenters. The van der Waals surface area contributed by atoms with E-state index in [1.54, 1.807) is 24.5 Å². The summed E-state index contributed by atoms with van der Waals surface area (Å²) in [6, 6.07) is 14.3. The zero-order chi connectivity index (χ0) is 29.0. The molecule has 4 N–H and O–H groups in total. The molecule has 1 heterocycles. The number of thioether (sulfide) groups is 1. The highest BCUT2D eigenvalue weighted by Gasteiger charge is 2.26. The SMILES string of the molecule is CC(C)(C)C(=N)SC(=N)C(=O)NC(Cc1ccc(-c2ncc(-c3ccc(C(C)(C)C)cc3)cn2)cc1)C(=O)O. The van der Waals surface area contributed by atoms with Crippen LogP contribution in [0, 0.1) is 16.2 Å². The van der Waals surface area contributed by atoms with Crippen molar-refractivity contribution in [1.82, 2.24) is 15.3 Å². The number of amides is 1. The second-order valence-corrected chi connectivity index (χ2v) is 12.4. The van der Waals surface area contributed by atoms with Crippen LogP contribution in [0.2, 0.25) is 0 Å². The minimum absolute atomic E-state index is 0.0420. The molecule has 8 nitrogen and oxygen atoms in total. The molecule has 0 spiro atoms. The van der Waals surface area contributed by atoms with E-state index in [1.807, 2.05) is 32.9 Å². The van der Waals surface area contributed by atoms with Gasteiger partial charge in [-0.25, -0.2) is 14.8 Å². The summed E-state index contributed by atoms with van der Waals surface area (Å²) >= 11 is 0.723. The summed E-state index contributed by atoms with van der Waals surface area (Å²) in [7, 11) is 0. The molecule has 1 atom stereocenters. The molecule has 0 aliphatic heterocycles. The molecule has 0 bridgehead atoms. The lowest BCUT2D eigenvalue weighted by Crippen LogP contribution is -2.44. The molecular formula is C30H35N5O3S. The Morgan fingerprint density at radius 2 is 1.41 bits per heavy atom. The van der Waals surface area contributed by atoms with E-state index in [9.17, 15) is 14.7 Å². The van der Waals surface area contributed by atoms with Gasteiger partial charge in [0, 0.05) is 35.4 Å². The fraction of sp³-hybridized carbons (Fsp3) is 0.333. The second kappa shape index (κ2) is 11.9. The first-order valence-corrected chi connectivity index (χ1v) is 13.4. The van der Waals surface area contributed by atoms with Crippen molar-refractivity contribution in [2.45, 2.75) is 59.4 Å². The maximum atomic E-state index is 12.4. The van der Waals surface area contributed by atoms with Crippen molar-refractivity contribution in [3.05, 3.63) is 72.1 Å². The molecule has 0 aliphatic rings. The normalized spacial score (nSPS) is 12.5. The van der Waals surface area contributed by atoms with Gasteiger partial charge in [0.05, 0.1) is 5.04 Å². The van der Waals surface area contributed by atoms with Crippen molar-refractivity contribution in [2.75, 3.05) is 0 Å². The number of carbonyl (C=O) groups excluding carboxylic acids is 1. The van der Waals surface area contributed by atoms with Crippen LogP contribution in [-0.2, 0) is 21.4 Å². The van der Waals surface area contributed by atoms with E-state index in [2.05, 4.69) is 60.3 Å². The Labute approximate surface area is 233 Å². The number of hydrogen-bond donors (Lipinski definition) is 4. The van der Waals surface area contributed by atoms with Crippen LogP contribution in [-0.4, -0.2) is 43.1 Å². The van der Waals surface area contributed by atoms with Crippen molar-refractivity contribution in [3.63, 3.8) is 0 Å². The van der Waals surface area contributed by atoms with Gasteiger partial charge >= 0.3 is 5.97 Å². The monoisotopic (exact) mass is 545 g/mol. The summed E-state index contributed by atoms with van der Waals surface area (Å²) in [5.41, 5.74) is 4.26. The largest absolute Gasteiger partial charge is 0.480 e. The third-order valence-electron chi connectivity index (χ3n) is 6.08. The third kappa shape index (κ3) is 8.07. The summed E-state index contributed by atoms with van der Waals surface area (Å²) in [6.07, 6.45) is 3.61. The van der Waals surface area contributed by atoms with Crippen LogP contribution < -0.4 is 5.32 Å². The van der Waals surface area contributed by atoms with E-state index in [0.29, 0.717) is 11.4 Å². The third-order valence-corrected chi connectivity index (χ3v) is 7.29. The van der Waals surface area contributed by atoms with E-state index in [4.69, 9.17) is 10.8 Å². The molecule has 204 valence electrons. The molecular weight excluding hydrogens is 510 g/mol. The summed E-state index contributed by atoms with van der Waals surface area (Å²) in [5, 5.41) is 27.7. The zero-order valence-corrected chi connectivity index (χ0v) is 23.9. The van der Waals surface area contributed by atoms with Gasteiger partial charge in [0.25, 0.3) is 5.91 Å². The average molecular weight is 546 g/mol. The quantitative estimate of drug-likeness (QED) is 0.223. The number of hydrogen-bond acceptors (Lipinski definition) is 7. The maximum absolute atomic E-state index is 12.4. The van der Waals surface area contributed by atoms with Crippen molar-refractivity contribution in [3.8, 4) is 22.5 Å². The van der Waals surface area contributed by atoms with Gasteiger partial charge in [-0.15, -0.1) is 0 Å². The van der Waals surface area contributed by atoms with Crippen molar-refractivity contribution >= 4 is 33.7 Å². The van der Waals surface area contributed by atoms with Gasteiger partial charge in [-0.05, 0) is 33.9 Å². The Balaban J connectivity index is 1.65. The summed E-state index contributed by atoms with van der Waals surface area (Å²) in [5.74, 6) is -1.48. The van der Waals surface area contributed by atoms with Crippen LogP contribution >= 0.6 is 11.8 Å². The summed E-state index contributed by atoms with van der Waals surface area (Å²) in [4.78, 5) is 33.2. The highest BCUT2D eigenvalue weighted by molar-refractivity contribution is 8.27. The Hall–Kier alpha value is -3.85. The lowest BCUT2D eigenvalue weighted by molar-refractivity contribution is -0.140. The van der Waals surface area contributed by atoms with Gasteiger partial charge in [-0.1, -0.05) is 90.1 Å². The highest BCUT2D eigenvalue weighted by atomic mass is 32.2. The first-order valence-electron chi connectivity index (χ1n) is 12.6. The number of nitrogens with zero attached hydrogens (tertiary/aromatic N) is 2. The lowest BCUT2D eigenvalue weighted by atomic mass is 9.86. The first-order chi connectivity index (χ1) is 18.1. The topological polar surface area (TPSA) is 140 Å². The Morgan fingerprint density at radius 3 is 1.90 bits per heavy atom. The highest BCUT2D eigenvalue weighted by Crippen LogP contribution is 2.27. The van der Waals surface area contributed by atoms with Crippen LogP contribution in [0.1, 0.15) is 52.7 Å². The molecule has 1 aromatic heterocycles. The van der Waals surface area contributed by atoms with Gasteiger partial charge in [-0.3, -0.25) is 15.6 Å². The smallest absolute Gasteiger partial charge is 0.326 e. The Kier molecular flexibility index (Phi) is 9.07. The lowest BCUT2D eigenvalue weighted by Gasteiger charge is -2.19. The Morgan fingerprint density at radius 1 is 0.872 bits per heavy atom. The number of carboxylic acids is 1. The van der Waals surface area contributed by atoms with Crippen LogP contribution in [0.3, 0.4) is 0 Å². The maximum Gasteiger partial charge on any atom is 0.326 e. The number of aromatic nitrogens is 2. The number of rotatable bonds is 6. The van der Waals surface area contributed by atoms with E-state index in [0.717, 1.165) is 28.5 Å². The van der Waals surface area contributed by atoms with Gasteiger partial charge < -0.3 is 10.4 Å².